The number of hydrogen-bond donors (Lipinski definition) is 1. The normalized spacial score (nSPS) is 33.1. The molecule has 0 heterocycles. The highest BCUT2D eigenvalue weighted by Crippen LogP contribution is 2.57. The molecule has 3 heteroatoms. The van der Waals surface area contributed by atoms with Crippen LogP contribution in [-0.2, 0) is 0 Å². The zero-order valence-electron chi connectivity index (χ0n) is 11.1. The molecule has 3 nitrogen and oxygen atoms in total. The van der Waals surface area contributed by atoms with Gasteiger partial charge < -0.3 is 14.6 Å². The lowest BCUT2D eigenvalue weighted by Gasteiger charge is -2.47. The van der Waals surface area contributed by atoms with E-state index in [4.69, 9.17) is 9.47 Å². The maximum absolute atomic E-state index is 10.4. The van der Waals surface area contributed by atoms with Crippen LogP contribution >= 0.6 is 0 Å². The Morgan fingerprint density at radius 3 is 2.06 bits per heavy atom. The van der Waals surface area contributed by atoms with Gasteiger partial charge in [-0.1, -0.05) is 6.92 Å². The average Bonchev–Trinajstić information content (AvgIpc) is 2.42. The van der Waals surface area contributed by atoms with Crippen LogP contribution in [0.2, 0.25) is 0 Å². The monoisotopic (exact) mass is 248 g/mol. The summed E-state index contributed by atoms with van der Waals surface area (Å²) in [6, 6.07) is 3.94. The van der Waals surface area contributed by atoms with Gasteiger partial charge in [-0.05, 0) is 36.8 Å². The maximum Gasteiger partial charge on any atom is 0.122 e. The minimum atomic E-state index is -0.253. The first-order valence-electron chi connectivity index (χ1n) is 6.61. The standard InChI is InChI=1S/C15H20O3/c1-8-9-4-5-10(15(8)16)14-12(18-3)7-6-11(17-2)13(9)14/h6-10,15-16H,4-5H2,1-3H3/t8-,9-,10+,15-/m0/s1. The van der Waals surface area contributed by atoms with Crippen molar-refractivity contribution in [3.05, 3.63) is 23.3 Å². The largest absolute Gasteiger partial charge is 0.496 e. The first-order valence-corrected chi connectivity index (χ1v) is 6.61. The number of aliphatic hydroxyl groups is 1. The second kappa shape index (κ2) is 4.16. The van der Waals surface area contributed by atoms with Crippen molar-refractivity contribution < 1.29 is 14.6 Å². The van der Waals surface area contributed by atoms with Crippen molar-refractivity contribution in [3.63, 3.8) is 0 Å². The molecule has 4 atom stereocenters. The molecule has 0 amide bonds. The van der Waals surface area contributed by atoms with E-state index in [1.54, 1.807) is 14.2 Å². The summed E-state index contributed by atoms with van der Waals surface area (Å²) in [5.41, 5.74) is 2.45. The molecular weight excluding hydrogens is 228 g/mol. The first-order chi connectivity index (χ1) is 8.69. The molecular formula is C15H20O3. The molecule has 0 aromatic heterocycles. The topological polar surface area (TPSA) is 38.7 Å². The summed E-state index contributed by atoms with van der Waals surface area (Å²) in [5, 5.41) is 10.4. The van der Waals surface area contributed by atoms with Crippen LogP contribution < -0.4 is 9.47 Å². The number of hydrogen-bond acceptors (Lipinski definition) is 3. The summed E-state index contributed by atoms with van der Waals surface area (Å²) in [5.74, 6) is 2.73. The Labute approximate surface area is 108 Å². The predicted molar refractivity (Wildman–Crippen MR) is 69.4 cm³/mol. The Bertz CT molecular complexity index is 426. The van der Waals surface area contributed by atoms with Crippen molar-refractivity contribution in [2.45, 2.75) is 37.7 Å². The van der Waals surface area contributed by atoms with E-state index < -0.39 is 0 Å². The number of benzene rings is 1. The van der Waals surface area contributed by atoms with Gasteiger partial charge in [0, 0.05) is 17.0 Å². The van der Waals surface area contributed by atoms with Crippen molar-refractivity contribution in [1.82, 2.24) is 0 Å². The van der Waals surface area contributed by atoms with Crippen molar-refractivity contribution in [2.24, 2.45) is 5.92 Å². The van der Waals surface area contributed by atoms with E-state index in [0.29, 0.717) is 11.8 Å². The van der Waals surface area contributed by atoms with Gasteiger partial charge >= 0.3 is 0 Å². The van der Waals surface area contributed by atoms with Crippen LogP contribution in [0.1, 0.15) is 42.7 Å². The van der Waals surface area contributed by atoms with Crippen molar-refractivity contribution in [2.75, 3.05) is 14.2 Å². The molecule has 1 aromatic rings. The molecule has 98 valence electrons. The highest BCUT2D eigenvalue weighted by molar-refractivity contribution is 5.56. The van der Waals surface area contributed by atoms with E-state index >= 15 is 0 Å². The smallest absolute Gasteiger partial charge is 0.122 e. The van der Waals surface area contributed by atoms with Gasteiger partial charge in [0.2, 0.25) is 0 Å². The fourth-order valence-corrected chi connectivity index (χ4v) is 3.84. The summed E-state index contributed by atoms with van der Waals surface area (Å²) < 4.78 is 11.0. The van der Waals surface area contributed by atoms with E-state index in [1.165, 1.54) is 11.1 Å². The lowest BCUT2D eigenvalue weighted by atomic mass is 9.60. The molecule has 1 N–H and O–H groups in total. The van der Waals surface area contributed by atoms with Crippen LogP contribution in [0.5, 0.6) is 11.5 Å². The molecule has 18 heavy (non-hydrogen) atoms. The highest BCUT2D eigenvalue weighted by atomic mass is 16.5. The fraction of sp³-hybridized carbons (Fsp3) is 0.600. The lowest BCUT2D eigenvalue weighted by molar-refractivity contribution is 0.0297. The number of aliphatic hydroxyl groups excluding tert-OH is 1. The predicted octanol–water partition coefficient (Wildman–Crippen LogP) is 2.68. The summed E-state index contributed by atoms with van der Waals surface area (Å²) in [6.45, 7) is 2.14. The number of ether oxygens (including phenoxy) is 2. The van der Waals surface area contributed by atoms with E-state index in [0.717, 1.165) is 24.3 Å². The van der Waals surface area contributed by atoms with E-state index in [2.05, 4.69) is 6.92 Å². The van der Waals surface area contributed by atoms with Crippen LogP contribution in [0.25, 0.3) is 0 Å². The molecule has 3 aliphatic rings. The maximum atomic E-state index is 10.4. The van der Waals surface area contributed by atoms with Crippen molar-refractivity contribution >= 4 is 0 Å². The minimum Gasteiger partial charge on any atom is -0.496 e. The molecule has 1 saturated carbocycles. The summed E-state index contributed by atoms with van der Waals surface area (Å²) in [7, 11) is 3.41. The van der Waals surface area contributed by atoms with Crippen LogP contribution in [0.4, 0.5) is 0 Å². The molecule has 1 aromatic carbocycles. The number of fused-ring (bicyclic) bond motifs is 2. The SMILES string of the molecule is COc1ccc(OC)c2c1[C@H]1CC[C@H]2[C@@H](O)[C@H]1C. The van der Waals surface area contributed by atoms with Gasteiger partial charge in [-0.2, -0.15) is 0 Å². The summed E-state index contributed by atoms with van der Waals surface area (Å²) in [4.78, 5) is 0. The Morgan fingerprint density at radius 2 is 1.50 bits per heavy atom. The van der Waals surface area contributed by atoms with Gasteiger partial charge in [0.05, 0.1) is 20.3 Å². The molecule has 0 radical (unpaired) electrons. The van der Waals surface area contributed by atoms with Crippen LogP contribution in [-0.4, -0.2) is 25.4 Å². The van der Waals surface area contributed by atoms with Gasteiger partial charge in [-0.15, -0.1) is 0 Å². The van der Waals surface area contributed by atoms with Gasteiger partial charge in [0.25, 0.3) is 0 Å². The Kier molecular flexibility index (Phi) is 2.74. The molecule has 0 aliphatic heterocycles. The third-order valence-corrected chi connectivity index (χ3v) is 4.76. The molecule has 4 rings (SSSR count). The average molecular weight is 248 g/mol. The van der Waals surface area contributed by atoms with E-state index in [9.17, 15) is 5.11 Å². The van der Waals surface area contributed by atoms with Gasteiger partial charge in [-0.25, -0.2) is 0 Å². The fourth-order valence-electron chi connectivity index (χ4n) is 3.84. The van der Waals surface area contributed by atoms with Crippen molar-refractivity contribution in [3.8, 4) is 11.5 Å². The van der Waals surface area contributed by atoms with Crippen LogP contribution in [0, 0.1) is 5.92 Å². The first kappa shape index (κ1) is 11.8. The van der Waals surface area contributed by atoms with Gasteiger partial charge in [0.15, 0.2) is 0 Å². The molecule has 2 bridgehead atoms. The second-order valence-electron chi connectivity index (χ2n) is 5.44. The second-order valence-corrected chi connectivity index (χ2v) is 5.44. The summed E-state index contributed by atoms with van der Waals surface area (Å²) in [6.07, 6.45) is 1.93. The highest BCUT2D eigenvalue weighted by Gasteiger charge is 2.46. The zero-order chi connectivity index (χ0) is 12.9. The number of methoxy groups -OCH3 is 2. The van der Waals surface area contributed by atoms with E-state index in [1.807, 2.05) is 12.1 Å². The van der Waals surface area contributed by atoms with Crippen LogP contribution in [0.15, 0.2) is 12.1 Å². The third kappa shape index (κ3) is 1.40. The molecule has 3 aliphatic carbocycles. The van der Waals surface area contributed by atoms with Gasteiger partial charge in [0.1, 0.15) is 11.5 Å². The van der Waals surface area contributed by atoms with E-state index in [-0.39, 0.29) is 12.0 Å². The molecule has 0 unspecified atom stereocenters. The lowest BCUT2D eigenvalue weighted by Crippen LogP contribution is -2.41. The van der Waals surface area contributed by atoms with Gasteiger partial charge in [-0.3, -0.25) is 0 Å². The third-order valence-electron chi connectivity index (χ3n) is 4.76. The molecule has 0 spiro atoms. The number of rotatable bonds is 2. The molecule has 0 saturated heterocycles. The summed E-state index contributed by atoms with van der Waals surface area (Å²) >= 11 is 0. The zero-order valence-corrected chi connectivity index (χ0v) is 11.1. The van der Waals surface area contributed by atoms with Crippen LogP contribution in [0.3, 0.4) is 0 Å². The Morgan fingerprint density at radius 1 is 1.00 bits per heavy atom. The quantitative estimate of drug-likeness (QED) is 0.874. The minimum absolute atomic E-state index is 0.199. The van der Waals surface area contributed by atoms with Crippen molar-refractivity contribution in [1.29, 1.82) is 0 Å². The molecule has 1 fully saturated rings. The Balaban J connectivity index is 2.24. The Hall–Kier alpha value is -1.22.